The van der Waals surface area contributed by atoms with E-state index in [1.807, 2.05) is 24.3 Å². The minimum absolute atomic E-state index is 0.109. The number of hydrogen-bond donors (Lipinski definition) is 1. The molecule has 0 saturated carbocycles. The number of hydrogen-bond acceptors (Lipinski definition) is 3. The quantitative estimate of drug-likeness (QED) is 0.416. The lowest BCUT2D eigenvalue weighted by molar-refractivity contribution is 0.00578. The molecule has 6 rings (SSSR count). The molecule has 0 amide bonds. The molecule has 1 fully saturated rings. The summed E-state index contributed by atoms with van der Waals surface area (Å²) < 4.78 is 12.7. The van der Waals surface area contributed by atoms with Crippen LogP contribution in [0.5, 0.6) is 0 Å². The summed E-state index contributed by atoms with van der Waals surface area (Å²) in [6, 6.07) is 12.1. The van der Waals surface area contributed by atoms with Crippen molar-refractivity contribution in [3.63, 3.8) is 0 Å². The Balaban J connectivity index is 1.49. The second kappa shape index (κ2) is 5.99. The van der Waals surface area contributed by atoms with Gasteiger partial charge in [-0.3, -0.25) is 4.79 Å². The fraction of sp³-hybridized carbons (Fsp3) is 0.346. The topological polar surface area (TPSA) is 51.3 Å². The van der Waals surface area contributed by atoms with Crippen molar-refractivity contribution in [2.24, 2.45) is 5.92 Å². The number of carbonyl (C=O) groups excluding carboxylic acids is 1. The van der Waals surface area contributed by atoms with Gasteiger partial charge in [-0.2, -0.15) is 0 Å². The van der Waals surface area contributed by atoms with Gasteiger partial charge in [0.1, 0.15) is 0 Å². The standard InChI is InChI=1S/C26H26BNO3/c1-14-12-21-19(13-20(14)27-30-25(2,3)26(4,5)31-27)17-11-10-16-15-8-6-7-9-18(15)24(29)22(16)23(17)28-21/h6-11,13-14,28H,12H2,1-5H3. The van der Waals surface area contributed by atoms with E-state index in [2.05, 4.69) is 57.8 Å². The molecule has 1 unspecified atom stereocenters. The Bertz CT molecular complexity index is 1300. The van der Waals surface area contributed by atoms with E-state index in [1.165, 1.54) is 11.2 Å². The highest BCUT2D eigenvalue weighted by atomic mass is 16.7. The van der Waals surface area contributed by atoms with Crippen molar-refractivity contribution in [1.29, 1.82) is 0 Å². The zero-order chi connectivity index (χ0) is 21.7. The smallest absolute Gasteiger partial charge is 0.400 e. The molecule has 1 atom stereocenters. The number of nitrogens with one attached hydrogen (secondary N) is 1. The van der Waals surface area contributed by atoms with Crippen LogP contribution < -0.4 is 0 Å². The number of fused-ring (bicyclic) bond motifs is 7. The lowest BCUT2D eigenvalue weighted by Crippen LogP contribution is -2.41. The molecule has 0 radical (unpaired) electrons. The van der Waals surface area contributed by atoms with Crippen molar-refractivity contribution in [2.75, 3.05) is 0 Å². The van der Waals surface area contributed by atoms with Gasteiger partial charge in [-0.25, -0.2) is 0 Å². The van der Waals surface area contributed by atoms with E-state index in [0.29, 0.717) is 0 Å². The van der Waals surface area contributed by atoms with Crippen LogP contribution in [0.1, 0.15) is 61.8 Å². The SMILES string of the molecule is CC1Cc2[nH]c3c4c(ccc3c2C=C1B1OC(C)(C)C(C)(C)O1)-c1ccccc1C4=O. The molecule has 1 saturated heterocycles. The molecule has 3 aromatic rings. The van der Waals surface area contributed by atoms with E-state index >= 15 is 0 Å². The molecule has 0 bridgehead atoms. The molecule has 31 heavy (non-hydrogen) atoms. The summed E-state index contributed by atoms with van der Waals surface area (Å²) in [7, 11) is -0.349. The first kappa shape index (κ1) is 19.1. The van der Waals surface area contributed by atoms with E-state index in [0.717, 1.165) is 45.1 Å². The maximum atomic E-state index is 13.2. The molecule has 2 heterocycles. The van der Waals surface area contributed by atoms with Crippen LogP contribution >= 0.6 is 0 Å². The van der Waals surface area contributed by atoms with Gasteiger partial charge < -0.3 is 14.3 Å². The van der Waals surface area contributed by atoms with Crippen molar-refractivity contribution >= 4 is 29.9 Å². The van der Waals surface area contributed by atoms with Crippen LogP contribution in [-0.2, 0) is 15.7 Å². The molecule has 1 N–H and O–H groups in total. The fourth-order valence-electron chi connectivity index (χ4n) is 5.19. The van der Waals surface area contributed by atoms with Crippen LogP contribution in [0.15, 0.2) is 41.9 Å². The van der Waals surface area contributed by atoms with Gasteiger partial charge >= 0.3 is 7.12 Å². The lowest BCUT2D eigenvalue weighted by Gasteiger charge is -2.32. The average Bonchev–Trinajstić information content (AvgIpc) is 3.28. The fourth-order valence-corrected chi connectivity index (χ4v) is 5.19. The minimum atomic E-state index is -0.363. The Morgan fingerprint density at radius 2 is 1.65 bits per heavy atom. The van der Waals surface area contributed by atoms with E-state index in [-0.39, 0.29) is 30.0 Å². The van der Waals surface area contributed by atoms with Crippen LogP contribution in [0.25, 0.3) is 28.1 Å². The average molecular weight is 411 g/mol. The Morgan fingerprint density at radius 1 is 0.968 bits per heavy atom. The van der Waals surface area contributed by atoms with Gasteiger partial charge in [-0.05, 0) is 56.6 Å². The molecule has 156 valence electrons. The van der Waals surface area contributed by atoms with E-state index < -0.39 is 0 Å². The number of rotatable bonds is 1. The first-order chi connectivity index (χ1) is 14.7. The number of H-pyrrole nitrogens is 1. The maximum Gasteiger partial charge on any atom is 0.490 e. The minimum Gasteiger partial charge on any atom is -0.400 e. The Morgan fingerprint density at radius 3 is 2.35 bits per heavy atom. The molecule has 1 aliphatic heterocycles. The Kier molecular flexibility index (Phi) is 3.69. The first-order valence-electron chi connectivity index (χ1n) is 11.1. The van der Waals surface area contributed by atoms with Crippen LogP contribution in [0.2, 0.25) is 0 Å². The van der Waals surface area contributed by atoms with Gasteiger partial charge in [0.15, 0.2) is 5.78 Å². The highest BCUT2D eigenvalue weighted by Gasteiger charge is 2.53. The van der Waals surface area contributed by atoms with Gasteiger partial charge in [-0.15, -0.1) is 0 Å². The second-order valence-electron chi connectivity index (χ2n) is 10.1. The summed E-state index contributed by atoms with van der Waals surface area (Å²) in [6.45, 7) is 10.6. The number of aromatic amines is 1. The third kappa shape index (κ3) is 2.48. The van der Waals surface area contributed by atoms with Gasteiger partial charge in [0, 0.05) is 22.2 Å². The molecule has 5 heteroatoms. The van der Waals surface area contributed by atoms with Crippen molar-refractivity contribution in [3.05, 3.63) is 64.3 Å². The summed E-state index contributed by atoms with van der Waals surface area (Å²) in [5.41, 5.74) is 7.36. The predicted molar refractivity (Wildman–Crippen MR) is 124 cm³/mol. The number of aromatic nitrogens is 1. The number of benzene rings is 2. The van der Waals surface area contributed by atoms with E-state index in [4.69, 9.17) is 9.31 Å². The summed E-state index contributed by atoms with van der Waals surface area (Å²) in [6.07, 6.45) is 3.10. The number of carbonyl (C=O) groups is 1. The molecule has 2 aliphatic carbocycles. The van der Waals surface area contributed by atoms with Gasteiger partial charge in [0.25, 0.3) is 0 Å². The highest BCUT2D eigenvalue weighted by Crippen LogP contribution is 2.45. The summed E-state index contributed by atoms with van der Waals surface area (Å²) in [5, 5.41) is 1.09. The highest BCUT2D eigenvalue weighted by molar-refractivity contribution is 6.56. The Labute approximate surface area is 182 Å². The van der Waals surface area contributed by atoms with Crippen LogP contribution in [0.4, 0.5) is 0 Å². The van der Waals surface area contributed by atoms with Crippen LogP contribution in [0.3, 0.4) is 0 Å². The van der Waals surface area contributed by atoms with Gasteiger partial charge in [-0.1, -0.05) is 49.4 Å². The number of ketones is 1. The third-order valence-corrected chi connectivity index (χ3v) is 7.70. The number of allylic oxidation sites excluding steroid dienone is 1. The zero-order valence-electron chi connectivity index (χ0n) is 18.6. The largest absolute Gasteiger partial charge is 0.490 e. The molecular formula is C26H26BNO3. The normalized spacial score (nSPS) is 23.0. The van der Waals surface area contributed by atoms with Crippen LogP contribution in [0, 0.1) is 5.92 Å². The van der Waals surface area contributed by atoms with Gasteiger partial charge in [0.2, 0.25) is 0 Å². The van der Waals surface area contributed by atoms with E-state index in [9.17, 15) is 4.79 Å². The molecule has 2 aromatic carbocycles. The molecule has 0 spiro atoms. The maximum absolute atomic E-state index is 13.2. The second-order valence-corrected chi connectivity index (χ2v) is 10.1. The summed E-state index contributed by atoms with van der Waals surface area (Å²) >= 11 is 0. The van der Waals surface area contributed by atoms with Crippen molar-refractivity contribution in [2.45, 2.75) is 52.2 Å². The summed E-state index contributed by atoms with van der Waals surface area (Å²) in [4.78, 5) is 16.8. The summed E-state index contributed by atoms with van der Waals surface area (Å²) in [5.74, 6) is 0.397. The zero-order valence-corrected chi connectivity index (χ0v) is 18.6. The van der Waals surface area contributed by atoms with Gasteiger partial charge in [0.05, 0.1) is 22.3 Å². The predicted octanol–water partition coefficient (Wildman–Crippen LogP) is 5.59. The Hall–Kier alpha value is -2.63. The molecule has 3 aliphatic rings. The third-order valence-electron chi connectivity index (χ3n) is 7.70. The van der Waals surface area contributed by atoms with Crippen molar-refractivity contribution < 1.29 is 14.1 Å². The lowest BCUT2D eigenvalue weighted by atomic mass is 9.67. The first-order valence-corrected chi connectivity index (χ1v) is 11.1. The van der Waals surface area contributed by atoms with E-state index in [1.54, 1.807) is 0 Å². The van der Waals surface area contributed by atoms with Crippen molar-refractivity contribution in [3.8, 4) is 11.1 Å². The molecule has 1 aromatic heterocycles. The molecular weight excluding hydrogens is 385 g/mol. The molecule has 4 nitrogen and oxygen atoms in total. The monoisotopic (exact) mass is 411 g/mol. The van der Waals surface area contributed by atoms with Crippen LogP contribution in [-0.4, -0.2) is 29.1 Å². The van der Waals surface area contributed by atoms with Crippen molar-refractivity contribution in [1.82, 2.24) is 4.98 Å².